The molecule has 3 aromatic carbocycles. The second-order valence-electron chi connectivity index (χ2n) is 7.11. The molecular weight excluding hydrogens is 717 g/mol. The molecule has 0 saturated carbocycles. The summed E-state index contributed by atoms with van der Waals surface area (Å²) in [6.07, 6.45) is 0. The summed E-state index contributed by atoms with van der Waals surface area (Å²) in [5.74, 6) is -1.25. The first-order valence-electron chi connectivity index (χ1n) is 9.38. The molecule has 3 aromatic rings. The molecule has 0 spiro atoms. The predicted octanol–water partition coefficient (Wildman–Crippen LogP) is 6.33. The van der Waals surface area contributed by atoms with Crippen LogP contribution in [-0.2, 0) is 9.05 Å². The SMILES string of the molecule is CN(C)c1ccc(I)c(F)c1.CN(C)c1ccc(S(=O)(=O)Cl)c(F)c1.Nc1ccc(I)c(F)c1. The second-order valence-corrected chi connectivity index (χ2v) is 12.0. The van der Waals surface area contributed by atoms with E-state index in [1.165, 1.54) is 18.2 Å². The number of anilines is 3. The zero-order valence-corrected chi connectivity index (χ0v) is 24.5. The maximum Gasteiger partial charge on any atom is 0.264 e. The Labute approximate surface area is 229 Å². The lowest BCUT2D eigenvalue weighted by molar-refractivity contribution is 0.575. The van der Waals surface area contributed by atoms with Crippen molar-refractivity contribution in [2.45, 2.75) is 4.90 Å². The highest BCUT2D eigenvalue weighted by molar-refractivity contribution is 14.1. The highest BCUT2D eigenvalue weighted by Crippen LogP contribution is 2.23. The third-order valence-corrected chi connectivity index (χ3v) is 7.16. The van der Waals surface area contributed by atoms with Crippen LogP contribution in [0, 0.1) is 24.6 Å². The van der Waals surface area contributed by atoms with Crippen molar-refractivity contribution in [2.75, 3.05) is 43.7 Å². The zero-order valence-electron chi connectivity index (χ0n) is 18.7. The Balaban J connectivity index is 0.000000262. The van der Waals surface area contributed by atoms with E-state index in [-0.39, 0.29) is 11.6 Å². The van der Waals surface area contributed by atoms with Gasteiger partial charge in [-0.05, 0) is 99.8 Å². The summed E-state index contributed by atoms with van der Waals surface area (Å²) in [7, 11) is 8.25. The van der Waals surface area contributed by atoms with Crippen LogP contribution in [0.5, 0.6) is 0 Å². The molecule has 0 aliphatic carbocycles. The van der Waals surface area contributed by atoms with Crippen LogP contribution in [0.1, 0.15) is 0 Å². The van der Waals surface area contributed by atoms with E-state index >= 15 is 0 Å². The van der Waals surface area contributed by atoms with E-state index in [1.54, 1.807) is 37.2 Å². The Hall–Kier alpha value is -1.45. The molecule has 0 saturated heterocycles. The van der Waals surface area contributed by atoms with Gasteiger partial charge in [0.15, 0.2) is 0 Å². The molecule has 3 rings (SSSR count). The van der Waals surface area contributed by atoms with Gasteiger partial charge in [-0.3, -0.25) is 0 Å². The monoisotopic (exact) mass is 739 g/mol. The molecule has 5 nitrogen and oxygen atoms in total. The van der Waals surface area contributed by atoms with Gasteiger partial charge < -0.3 is 15.5 Å². The van der Waals surface area contributed by atoms with Gasteiger partial charge in [-0.15, -0.1) is 0 Å². The molecule has 34 heavy (non-hydrogen) atoms. The highest BCUT2D eigenvalue weighted by atomic mass is 127. The summed E-state index contributed by atoms with van der Waals surface area (Å²) in [4.78, 5) is 3.04. The third kappa shape index (κ3) is 10.0. The molecule has 186 valence electrons. The molecule has 0 unspecified atom stereocenters. The van der Waals surface area contributed by atoms with Crippen LogP contribution >= 0.6 is 55.9 Å². The summed E-state index contributed by atoms with van der Waals surface area (Å²) in [5.41, 5.74) is 7.22. The van der Waals surface area contributed by atoms with Crippen molar-refractivity contribution in [3.8, 4) is 0 Å². The van der Waals surface area contributed by atoms with Gasteiger partial charge >= 0.3 is 0 Å². The lowest BCUT2D eigenvalue weighted by Crippen LogP contribution is -2.09. The molecule has 0 bridgehead atoms. The first-order chi connectivity index (χ1) is 15.6. The zero-order chi connectivity index (χ0) is 26.2. The lowest BCUT2D eigenvalue weighted by Gasteiger charge is -2.12. The first kappa shape index (κ1) is 30.6. The summed E-state index contributed by atoms with van der Waals surface area (Å²) >= 11 is 3.88. The maximum atomic E-state index is 13.2. The molecule has 2 N–H and O–H groups in total. The number of nitrogens with zero attached hydrogens (tertiary/aromatic N) is 2. The van der Waals surface area contributed by atoms with Crippen LogP contribution in [0.4, 0.5) is 30.2 Å². The van der Waals surface area contributed by atoms with E-state index in [0.29, 0.717) is 18.5 Å². The van der Waals surface area contributed by atoms with Gasteiger partial charge in [-0.25, -0.2) is 21.6 Å². The highest BCUT2D eigenvalue weighted by Gasteiger charge is 2.16. The van der Waals surface area contributed by atoms with Crippen molar-refractivity contribution in [1.29, 1.82) is 0 Å². The molecule has 0 aromatic heterocycles. The molecule has 0 aliphatic heterocycles. The number of nitrogen functional groups attached to an aromatic ring is 1. The summed E-state index contributed by atoms with van der Waals surface area (Å²) < 4.78 is 61.6. The van der Waals surface area contributed by atoms with E-state index in [0.717, 1.165) is 17.8 Å². The molecular formula is C22H23ClF3I2N3O2S. The van der Waals surface area contributed by atoms with Crippen LogP contribution in [-0.4, -0.2) is 36.6 Å². The van der Waals surface area contributed by atoms with Crippen LogP contribution in [0.25, 0.3) is 0 Å². The first-order valence-corrected chi connectivity index (χ1v) is 13.8. The Morgan fingerprint density at radius 1 is 0.735 bits per heavy atom. The molecule has 12 heteroatoms. The van der Waals surface area contributed by atoms with Gasteiger partial charge in [-0.1, -0.05) is 0 Å². The van der Waals surface area contributed by atoms with E-state index in [1.807, 2.05) is 70.2 Å². The maximum absolute atomic E-state index is 13.2. The van der Waals surface area contributed by atoms with E-state index in [4.69, 9.17) is 16.4 Å². The molecule has 0 radical (unpaired) electrons. The average Bonchev–Trinajstić information content (AvgIpc) is 2.72. The minimum Gasteiger partial charge on any atom is -0.399 e. The van der Waals surface area contributed by atoms with E-state index in [9.17, 15) is 21.6 Å². The molecule has 0 atom stereocenters. The Bertz CT molecular complexity index is 1230. The number of halogens is 6. The van der Waals surface area contributed by atoms with Gasteiger partial charge in [-0.2, -0.15) is 0 Å². The number of nitrogens with two attached hydrogens (primary N) is 1. The Morgan fingerprint density at radius 3 is 1.50 bits per heavy atom. The molecule has 0 amide bonds. The summed E-state index contributed by atoms with van der Waals surface area (Å²) in [6, 6.07) is 13.6. The van der Waals surface area contributed by atoms with Gasteiger partial charge in [0.25, 0.3) is 9.05 Å². The smallest absolute Gasteiger partial charge is 0.264 e. The van der Waals surface area contributed by atoms with Crippen molar-refractivity contribution in [3.05, 3.63) is 79.2 Å². The van der Waals surface area contributed by atoms with Gasteiger partial charge in [0.2, 0.25) is 0 Å². The van der Waals surface area contributed by atoms with E-state index < -0.39 is 19.8 Å². The standard InChI is InChI=1S/C8H9ClFNO2S.C8H9FIN.C6H5FIN/c1-11(2)6-3-4-8(7(10)5-6)14(9,12)13;1-11(2)6-3-4-8(10)7(9)5-6;7-5-3-4(9)1-2-6(5)8/h3-5H,1-2H3;3-5H,1-2H3;1-3H,9H2. The number of hydrogen-bond acceptors (Lipinski definition) is 5. The average molecular weight is 740 g/mol. The van der Waals surface area contributed by atoms with Gasteiger partial charge in [0.05, 0.1) is 0 Å². The normalized spacial score (nSPS) is 10.4. The van der Waals surface area contributed by atoms with Gasteiger partial charge in [0, 0.05) is 63.1 Å². The molecule has 0 fully saturated rings. The predicted molar refractivity (Wildman–Crippen MR) is 151 cm³/mol. The second kappa shape index (κ2) is 13.6. The number of benzene rings is 3. The lowest BCUT2D eigenvalue weighted by atomic mass is 10.3. The molecule has 0 heterocycles. The summed E-state index contributed by atoms with van der Waals surface area (Å²) in [6.45, 7) is 0. The fourth-order valence-corrected chi connectivity index (χ4v) is 3.81. The Kier molecular flexibility index (Phi) is 12.2. The largest absolute Gasteiger partial charge is 0.399 e. The number of rotatable bonds is 3. The van der Waals surface area contributed by atoms with Crippen LogP contribution < -0.4 is 15.5 Å². The quantitative estimate of drug-likeness (QED) is 0.194. The van der Waals surface area contributed by atoms with E-state index in [2.05, 4.69) is 0 Å². The topological polar surface area (TPSA) is 66.6 Å². The Morgan fingerprint density at radius 2 is 1.15 bits per heavy atom. The molecule has 0 aliphatic rings. The van der Waals surface area contributed by atoms with Gasteiger partial charge in [0.1, 0.15) is 22.3 Å². The minimum absolute atomic E-state index is 0.156. The van der Waals surface area contributed by atoms with Crippen LogP contribution in [0.3, 0.4) is 0 Å². The summed E-state index contributed by atoms with van der Waals surface area (Å²) in [5, 5.41) is 0. The van der Waals surface area contributed by atoms with Crippen molar-refractivity contribution in [1.82, 2.24) is 0 Å². The minimum atomic E-state index is -4.00. The fraction of sp³-hybridized carbons (Fsp3) is 0.182. The number of hydrogen-bond donors (Lipinski definition) is 1. The third-order valence-electron chi connectivity index (χ3n) is 4.06. The fourth-order valence-electron chi connectivity index (χ4n) is 2.24. The van der Waals surface area contributed by atoms with Crippen LogP contribution in [0.2, 0.25) is 0 Å². The van der Waals surface area contributed by atoms with Crippen molar-refractivity contribution in [2.24, 2.45) is 0 Å². The van der Waals surface area contributed by atoms with Crippen molar-refractivity contribution >= 4 is 82.0 Å². The van der Waals surface area contributed by atoms with Crippen LogP contribution in [0.15, 0.2) is 59.5 Å². The van der Waals surface area contributed by atoms with Crippen molar-refractivity contribution in [3.63, 3.8) is 0 Å². The van der Waals surface area contributed by atoms with Crippen molar-refractivity contribution < 1.29 is 21.6 Å².